The van der Waals surface area contributed by atoms with Crippen molar-refractivity contribution in [1.29, 1.82) is 0 Å². The van der Waals surface area contributed by atoms with Crippen LogP contribution in [0.2, 0.25) is 58.9 Å². The van der Waals surface area contributed by atoms with Crippen LogP contribution in [0, 0.1) is 41.7 Å². The number of hydrogen-bond acceptors (Lipinski definition) is 0. The molecule has 0 N–H and O–H groups in total. The van der Waals surface area contributed by atoms with Crippen molar-refractivity contribution in [3.63, 3.8) is 0 Å². The monoisotopic (exact) mass is 551 g/mol. The normalized spacial score (nSPS) is 11.5. The summed E-state index contributed by atoms with van der Waals surface area (Å²) in [5.74, 6) is 0. The van der Waals surface area contributed by atoms with Crippen LogP contribution >= 0.6 is 0 Å². The van der Waals surface area contributed by atoms with Crippen LogP contribution in [0.5, 0.6) is 0 Å². The van der Waals surface area contributed by atoms with Gasteiger partial charge in [-0.15, -0.1) is 0 Å². The maximum Gasteiger partial charge on any atom is 3.00 e. The molecule has 0 nitrogen and oxygen atoms in total. The molecule has 0 amide bonds. The summed E-state index contributed by atoms with van der Waals surface area (Å²) < 4.78 is 0. The van der Waals surface area contributed by atoms with Crippen molar-refractivity contribution < 1.29 is 41.7 Å². The van der Waals surface area contributed by atoms with Gasteiger partial charge >= 0.3 is 41.7 Å². The van der Waals surface area contributed by atoms with E-state index >= 15 is 0 Å². The van der Waals surface area contributed by atoms with Crippen molar-refractivity contribution in [2.75, 3.05) is 0 Å². The second-order valence-corrected chi connectivity index (χ2v) is 25.5. The van der Waals surface area contributed by atoms with Crippen LogP contribution < -0.4 is 15.6 Å². The van der Waals surface area contributed by atoms with Crippen molar-refractivity contribution in [2.45, 2.75) is 58.9 Å². The van der Waals surface area contributed by atoms with Gasteiger partial charge in [0, 0.05) is 24.2 Å². The van der Waals surface area contributed by atoms with Crippen molar-refractivity contribution >= 4 is 39.8 Å². The first kappa shape index (κ1) is 28.1. The number of rotatable bonds is 3. The van der Waals surface area contributed by atoms with E-state index in [0.717, 1.165) is 0 Å². The standard InChI is InChI=1S/3C8H13Si.Ce/c3*1-9(2,3)8-6-4-5-7-8;/h3*4-7H,1-3H3;/q3*-1;+3. The molecule has 3 aromatic carbocycles. The molecule has 4 heteroatoms. The zero-order chi connectivity index (χ0) is 20.7. The van der Waals surface area contributed by atoms with Gasteiger partial charge < -0.3 is 0 Å². The molecule has 3 rings (SSSR count). The molecule has 0 atom stereocenters. The average molecular weight is 552 g/mol. The van der Waals surface area contributed by atoms with Crippen LogP contribution in [0.1, 0.15) is 0 Å². The van der Waals surface area contributed by atoms with Crippen LogP contribution in [-0.2, 0) is 0 Å². The van der Waals surface area contributed by atoms with Gasteiger partial charge in [-0.3, -0.25) is 0 Å². The fourth-order valence-electron chi connectivity index (χ4n) is 2.62. The Kier molecular flexibility index (Phi) is 12.1. The van der Waals surface area contributed by atoms with Crippen LogP contribution in [0.25, 0.3) is 0 Å². The Morgan fingerprint density at radius 1 is 0.357 bits per heavy atom. The minimum Gasteiger partial charge on any atom is -0.214 e. The van der Waals surface area contributed by atoms with Gasteiger partial charge in [-0.05, 0) is 0 Å². The fraction of sp³-hybridized carbons (Fsp3) is 0.375. The molecule has 0 aliphatic rings. The van der Waals surface area contributed by atoms with Crippen LogP contribution in [0.4, 0.5) is 0 Å². The maximum absolute atomic E-state index is 2.36. The molecule has 28 heavy (non-hydrogen) atoms. The third kappa shape index (κ3) is 10.7. The van der Waals surface area contributed by atoms with E-state index in [4.69, 9.17) is 0 Å². The Hall–Kier alpha value is 0.0773. The van der Waals surface area contributed by atoms with Gasteiger partial charge in [0.2, 0.25) is 0 Å². The molecular formula is C24H39CeSi3. The second kappa shape index (κ2) is 12.1. The Bertz CT molecular complexity index is 612. The molecule has 0 saturated carbocycles. The Labute approximate surface area is 211 Å². The molecule has 0 unspecified atom stereocenters. The molecule has 3 aromatic rings. The second-order valence-electron chi connectivity index (χ2n) is 10.3. The summed E-state index contributed by atoms with van der Waals surface area (Å²) >= 11 is 0. The Morgan fingerprint density at radius 2 is 0.500 bits per heavy atom. The first-order valence-corrected chi connectivity index (χ1v) is 20.5. The molecule has 0 fully saturated rings. The van der Waals surface area contributed by atoms with Crippen LogP contribution in [-0.4, -0.2) is 24.2 Å². The molecule has 0 heterocycles. The zero-order valence-electron chi connectivity index (χ0n) is 19.4. The third-order valence-corrected chi connectivity index (χ3v) is 10.8. The molecule has 0 bridgehead atoms. The maximum atomic E-state index is 2.36. The van der Waals surface area contributed by atoms with Gasteiger partial charge in [0.05, 0.1) is 0 Å². The third-order valence-electron chi connectivity index (χ3n) is 4.59. The largest absolute Gasteiger partial charge is 3.00 e. The van der Waals surface area contributed by atoms with E-state index in [1.807, 2.05) is 0 Å². The smallest absolute Gasteiger partial charge is 0.214 e. The quantitative estimate of drug-likeness (QED) is 0.283. The summed E-state index contributed by atoms with van der Waals surface area (Å²) in [5, 5.41) is 4.67. The molecule has 0 spiro atoms. The van der Waals surface area contributed by atoms with Gasteiger partial charge in [0.1, 0.15) is 0 Å². The number of hydrogen-bond donors (Lipinski definition) is 0. The summed E-state index contributed by atoms with van der Waals surface area (Å²) in [4.78, 5) is 0. The molecule has 151 valence electrons. The Morgan fingerprint density at radius 3 is 0.571 bits per heavy atom. The van der Waals surface area contributed by atoms with E-state index in [2.05, 4.69) is 132 Å². The van der Waals surface area contributed by atoms with E-state index in [0.29, 0.717) is 0 Å². The van der Waals surface area contributed by atoms with Crippen molar-refractivity contribution in [3.05, 3.63) is 72.8 Å². The molecule has 0 saturated heterocycles. The molecular weight excluding hydrogens is 513 g/mol. The minimum absolute atomic E-state index is 0. The summed E-state index contributed by atoms with van der Waals surface area (Å²) in [5.41, 5.74) is 0. The Balaban J connectivity index is 0.000000384. The van der Waals surface area contributed by atoms with E-state index in [1.54, 1.807) is 15.6 Å². The molecule has 0 aliphatic carbocycles. The van der Waals surface area contributed by atoms with Crippen molar-refractivity contribution in [1.82, 2.24) is 0 Å². The molecule has 0 aromatic heterocycles. The van der Waals surface area contributed by atoms with Gasteiger partial charge in [0.15, 0.2) is 0 Å². The first-order valence-electron chi connectivity index (χ1n) is 9.98. The summed E-state index contributed by atoms with van der Waals surface area (Å²) in [6, 6.07) is 26.1. The van der Waals surface area contributed by atoms with E-state index < -0.39 is 24.2 Å². The average Bonchev–Trinajstić information content (AvgIpc) is 3.28. The summed E-state index contributed by atoms with van der Waals surface area (Å²) in [6.45, 7) is 21.3. The van der Waals surface area contributed by atoms with Gasteiger partial charge in [0.25, 0.3) is 0 Å². The zero-order valence-corrected chi connectivity index (χ0v) is 25.6. The topological polar surface area (TPSA) is 0 Å². The molecule has 1 radical (unpaired) electrons. The van der Waals surface area contributed by atoms with Crippen molar-refractivity contribution in [3.8, 4) is 0 Å². The predicted octanol–water partition coefficient (Wildman–Crippen LogP) is 5.85. The minimum atomic E-state index is -0.981. The van der Waals surface area contributed by atoms with Gasteiger partial charge in [-0.2, -0.15) is 52.0 Å². The molecule has 0 aliphatic heterocycles. The van der Waals surface area contributed by atoms with Gasteiger partial charge in [-0.1, -0.05) is 58.9 Å². The fourth-order valence-corrected chi connectivity index (χ4v) is 6.20. The SMILES string of the molecule is C[Si](C)(C)[c-]1cccc1.C[Si](C)(C)[c-]1cccc1.C[Si](C)(C)[c-]1cccc1.[Ce+3]. The first-order chi connectivity index (χ1) is 12.3. The van der Waals surface area contributed by atoms with E-state index in [-0.39, 0.29) is 41.7 Å². The van der Waals surface area contributed by atoms with Crippen molar-refractivity contribution in [2.24, 2.45) is 0 Å². The van der Waals surface area contributed by atoms with E-state index in [9.17, 15) is 0 Å². The van der Waals surface area contributed by atoms with E-state index in [1.165, 1.54) is 0 Å². The van der Waals surface area contributed by atoms with Gasteiger partial charge in [-0.25, -0.2) is 36.4 Å². The predicted molar refractivity (Wildman–Crippen MR) is 135 cm³/mol. The summed E-state index contributed by atoms with van der Waals surface area (Å²) in [7, 11) is -2.94. The summed E-state index contributed by atoms with van der Waals surface area (Å²) in [6.07, 6.45) is 0. The van der Waals surface area contributed by atoms with Crippen LogP contribution in [0.3, 0.4) is 0 Å². The van der Waals surface area contributed by atoms with Crippen LogP contribution in [0.15, 0.2) is 72.8 Å².